The van der Waals surface area contributed by atoms with E-state index < -0.39 is 17.5 Å². The number of allylic oxidation sites excluding steroid dienone is 7. The molecule has 0 amide bonds. The lowest BCUT2D eigenvalue weighted by atomic mass is 9.82. The van der Waals surface area contributed by atoms with Crippen LogP contribution in [0.15, 0.2) is 85.0 Å². The number of ether oxygens (including phenoxy) is 2. The van der Waals surface area contributed by atoms with Crippen molar-refractivity contribution >= 4 is 0 Å². The molecule has 0 aliphatic heterocycles. The minimum Gasteiger partial charge on any atom is -0.497 e. The molecule has 0 saturated heterocycles. The Bertz CT molecular complexity index is 964. The molecule has 1 aliphatic rings. The van der Waals surface area contributed by atoms with E-state index in [-0.39, 0.29) is 23.4 Å². The van der Waals surface area contributed by atoms with Gasteiger partial charge in [0, 0.05) is 18.8 Å². The maximum absolute atomic E-state index is 14.8. The summed E-state index contributed by atoms with van der Waals surface area (Å²) in [7, 11) is 3.08. The minimum atomic E-state index is -0.790. The standard InChI is InChI=1S/C28H33F3O2/c1-18(7-9-19(2)21(4)26(29)17-20(3)32-5)8-10-23-13-16-25(28(31)27(23)30)22-11-14-24(33-6)15-12-22/h7,9,13,16-17,22,24H,1-4,8,10-12,14-15H2,5-6H3/b9-7-,26-17+. The molecule has 2 rings (SSSR count). The first-order valence-electron chi connectivity index (χ1n) is 11.0. The van der Waals surface area contributed by atoms with Crippen LogP contribution in [-0.4, -0.2) is 20.3 Å². The predicted octanol–water partition coefficient (Wildman–Crippen LogP) is 7.81. The molecule has 0 spiro atoms. The molecule has 0 bridgehead atoms. The number of methoxy groups -OCH3 is 2. The van der Waals surface area contributed by atoms with E-state index in [1.165, 1.54) is 7.11 Å². The predicted molar refractivity (Wildman–Crippen MR) is 129 cm³/mol. The lowest BCUT2D eigenvalue weighted by molar-refractivity contribution is 0.0655. The van der Waals surface area contributed by atoms with E-state index >= 15 is 0 Å². The lowest BCUT2D eigenvalue weighted by Gasteiger charge is -2.28. The molecular formula is C28H33F3O2. The van der Waals surface area contributed by atoms with Gasteiger partial charge < -0.3 is 9.47 Å². The number of aryl methyl sites for hydroxylation is 1. The zero-order chi connectivity index (χ0) is 24.5. The second-order valence-corrected chi connectivity index (χ2v) is 8.31. The lowest BCUT2D eigenvalue weighted by Crippen LogP contribution is -2.20. The Morgan fingerprint density at radius 3 is 2.27 bits per heavy atom. The van der Waals surface area contributed by atoms with Gasteiger partial charge in [0.2, 0.25) is 0 Å². The summed E-state index contributed by atoms with van der Waals surface area (Å²) in [4.78, 5) is 0. The van der Waals surface area contributed by atoms with Gasteiger partial charge in [-0.3, -0.25) is 0 Å². The maximum Gasteiger partial charge on any atom is 0.162 e. The van der Waals surface area contributed by atoms with Crippen molar-refractivity contribution in [2.24, 2.45) is 0 Å². The molecule has 1 saturated carbocycles. The van der Waals surface area contributed by atoms with Crippen LogP contribution in [0.2, 0.25) is 0 Å². The Labute approximate surface area is 195 Å². The van der Waals surface area contributed by atoms with E-state index in [0.29, 0.717) is 35.1 Å². The quantitative estimate of drug-likeness (QED) is 0.249. The van der Waals surface area contributed by atoms with Crippen molar-refractivity contribution in [2.75, 3.05) is 14.2 Å². The molecule has 0 unspecified atom stereocenters. The Balaban J connectivity index is 1.95. The van der Waals surface area contributed by atoms with Gasteiger partial charge in [-0.15, -0.1) is 0 Å². The van der Waals surface area contributed by atoms with Crippen LogP contribution in [0.4, 0.5) is 13.2 Å². The summed E-state index contributed by atoms with van der Waals surface area (Å²) >= 11 is 0. The molecule has 2 nitrogen and oxygen atoms in total. The zero-order valence-electron chi connectivity index (χ0n) is 19.6. The van der Waals surface area contributed by atoms with Crippen LogP contribution in [0.1, 0.15) is 49.1 Å². The zero-order valence-corrected chi connectivity index (χ0v) is 19.6. The second kappa shape index (κ2) is 12.4. The molecule has 0 atom stereocenters. The van der Waals surface area contributed by atoms with Crippen molar-refractivity contribution in [3.8, 4) is 0 Å². The molecule has 5 heteroatoms. The Kier molecular flexibility index (Phi) is 9.98. The average molecular weight is 459 g/mol. The maximum atomic E-state index is 14.8. The van der Waals surface area contributed by atoms with Gasteiger partial charge in [0.25, 0.3) is 0 Å². The molecule has 0 radical (unpaired) electrons. The molecule has 178 valence electrons. The summed E-state index contributed by atoms with van der Waals surface area (Å²) in [6.07, 6.45) is 8.61. The van der Waals surface area contributed by atoms with Crippen molar-refractivity contribution in [2.45, 2.75) is 50.5 Å². The smallest absolute Gasteiger partial charge is 0.162 e. The summed E-state index contributed by atoms with van der Waals surface area (Å²) in [5.41, 5.74) is 1.90. The molecule has 1 aliphatic carbocycles. The fourth-order valence-electron chi connectivity index (χ4n) is 3.86. The highest BCUT2D eigenvalue weighted by Crippen LogP contribution is 2.36. The fourth-order valence-corrected chi connectivity index (χ4v) is 3.86. The normalized spacial score (nSPS) is 18.9. The number of rotatable bonds is 11. The van der Waals surface area contributed by atoms with Crippen LogP contribution in [0.5, 0.6) is 0 Å². The first kappa shape index (κ1) is 26.5. The van der Waals surface area contributed by atoms with E-state index in [0.717, 1.165) is 31.8 Å². The SMILES string of the molecule is C=C(/C=C\C(=C)C(=C)/C(F)=C\C(=C)OC)CCc1ccc(C2CCC(OC)CC2)c(F)c1F. The summed E-state index contributed by atoms with van der Waals surface area (Å²) < 4.78 is 53.7. The van der Waals surface area contributed by atoms with Gasteiger partial charge in [-0.2, -0.15) is 0 Å². The van der Waals surface area contributed by atoms with Crippen LogP contribution >= 0.6 is 0 Å². The van der Waals surface area contributed by atoms with Crippen molar-refractivity contribution in [3.63, 3.8) is 0 Å². The topological polar surface area (TPSA) is 18.5 Å². The van der Waals surface area contributed by atoms with Crippen molar-refractivity contribution in [3.05, 3.63) is 108 Å². The van der Waals surface area contributed by atoms with Crippen LogP contribution in [0.25, 0.3) is 0 Å². The molecule has 1 aromatic carbocycles. The van der Waals surface area contributed by atoms with Crippen LogP contribution in [-0.2, 0) is 15.9 Å². The van der Waals surface area contributed by atoms with E-state index in [9.17, 15) is 13.2 Å². The van der Waals surface area contributed by atoms with Crippen molar-refractivity contribution < 1.29 is 22.6 Å². The van der Waals surface area contributed by atoms with Gasteiger partial charge in [0.15, 0.2) is 11.6 Å². The van der Waals surface area contributed by atoms with Gasteiger partial charge >= 0.3 is 0 Å². The monoisotopic (exact) mass is 458 g/mol. The van der Waals surface area contributed by atoms with Crippen LogP contribution in [0.3, 0.4) is 0 Å². The fraction of sp³-hybridized carbons (Fsp3) is 0.357. The number of benzene rings is 1. The molecular weight excluding hydrogens is 425 g/mol. The first-order valence-corrected chi connectivity index (χ1v) is 11.0. The molecule has 1 fully saturated rings. The van der Waals surface area contributed by atoms with Crippen molar-refractivity contribution in [1.82, 2.24) is 0 Å². The molecule has 0 heterocycles. The van der Waals surface area contributed by atoms with E-state index in [4.69, 9.17) is 9.47 Å². The van der Waals surface area contributed by atoms with Crippen molar-refractivity contribution in [1.29, 1.82) is 0 Å². The third kappa shape index (κ3) is 7.36. The largest absolute Gasteiger partial charge is 0.497 e. The second-order valence-electron chi connectivity index (χ2n) is 8.31. The van der Waals surface area contributed by atoms with E-state index in [1.807, 2.05) is 0 Å². The first-order chi connectivity index (χ1) is 15.7. The summed E-state index contributed by atoms with van der Waals surface area (Å²) in [6.45, 7) is 14.9. The Morgan fingerprint density at radius 2 is 1.67 bits per heavy atom. The Morgan fingerprint density at radius 1 is 1.00 bits per heavy atom. The number of hydrogen-bond donors (Lipinski definition) is 0. The Hall–Kier alpha value is -2.79. The summed E-state index contributed by atoms with van der Waals surface area (Å²) in [5, 5.41) is 0. The number of halogens is 3. The summed E-state index contributed by atoms with van der Waals surface area (Å²) in [6, 6.07) is 3.37. The van der Waals surface area contributed by atoms with Gasteiger partial charge in [0.1, 0.15) is 11.6 Å². The average Bonchev–Trinajstić information content (AvgIpc) is 2.82. The number of hydrogen-bond acceptors (Lipinski definition) is 2. The molecule has 1 aromatic rings. The third-order valence-electron chi connectivity index (χ3n) is 6.10. The highest BCUT2D eigenvalue weighted by Gasteiger charge is 2.26. The van der Waals surface area contributed by atoms with Gasteiger partial charge in [-0.1, -0.05) is 56.2 Å². The minimum absolute atomic E-state index is 0.0208. The van der Waals surface area contributed by atoms with Crippen LogP contribution < -0.4 is 0 Å². The summed E-state index contributed by atoms with van der Waals surface area (Å²) in [5.74, 6) is -1.96. The highest BCUT2D eigenvalue weighted by molar-refractivity contribution is 5.48. The van der Waals surface area contributed by atoms with E-state index in [1.54, 1.807) is 31.4 Å². The molecule has 0 aromatic heterocycles. The molecule has 33 heavy (non-hydrogen) atoms. The van der Waals surface area contributed by atoms with E-state index in [2.05, 4.69) is 26.3 Å². The third-order valence-corrected chi connectivity index (χ3v) is 6.10. The van der Waals surface area contributed by atoms with Gasteiger partial charge in [-0.05, 0) is 61.1 Å². The molecule has 0 N–H and O–H groups in total. The van der Waals surface area contributed by atoms with Crippen LogP contribution in [0, 0.1) is 11.6 Å². The van der Waals surface area contributed by atoms with Gasteiger partial charge in [0.05, 0.1) is 13.2 Å². The highest BCUT2D eigenvalue weighted by atomic mass is 19.2. The van der Waals surface area contributed by atoms with Gasteiger partial charge in [-0.25, -0.2) is 13.2 Å².